The highest BCUT2D eigenvalue weighted by molar-refractivity contribution is 7.15. The number of nitrogens with zero attached hydrogens (tertiary/aromatic N) is 2. The summed E-state index contributed by atoms with van der Waals surface area (Å²) in [4.78, 5) is 20.2. The number of aromatic nitrogens is 1. The summed E-state index contributed by atoms with van der Waals surface area (Å²) in [6.07, 6.45) is 1.00. The van der Waals surface area contributed by atoms with Crippen molar-refractivity contribution in [2.45, 2.75) is 39.8 Å². The van der Waals surface area contributed by atoms with Gasteiger partial charge < -0.3 is 5.32 Å². The number of rotatable bonds is 3. The monoisotopic (exact) mass is 315 g/mol. The summed E-state index contributed by atoms with van der Waals surface area (Å²) in [6, 6.07) is 8.32. The molecule has 1 aromatic heterocycles. The number of nitrogens with one attached hydrogen (secondary N) is 1. The highest BCUT2D eigenvalue weighted by Crippen LogP contribution is 2.23. The normalized spacial score (nSPS) is 16.1. The van der Waals surface area contributed by atoms with Crippen LogP contribution in [0.15, 0.2) is 24.3 Å². The topological polar surface area (TPSA) is 45.2 Å². The Morgan fingerprint density at radius 2 is 2.05 bits per heavy atom. The molecule has 1 N–H and O–H groups in total. The van der Waals surface area contributed by atoms with Crippen LogP contribution in [-0.4, -0.2) is 28.4 Å². The average molecular weight is 315 g/mol. The first-order chi connectivity index (χ1) is 10.5. The summed E-state index contributed by atoms with van der Waals surface area (Å²) in [5, 5.41) is 3.65. The SMILES string of the molecule is Cc1nc(NC(=O)C(C)N2CCc3ccccc3C2)sc1C. The fourth-order valence-electron chi connectivity index (χ4n) is 2.75. The van der Waals surface area contributed by atoms with E-state index in [1.54, 1.807) is 0 Å². The summed E-state index contributed by atoms with van der Waals surface area (Å²) < 4.78 is 0. The van der Waals surface area contributed by atoms with Gasteiger partial charge in [0.25, 0.3) is 0 Å². The van der Waals surface area contributed by atoms with Gasteiger partial charge in [-0.3, -0.25) is 9.69 Å². The van der Waals surface area contributed by atoms with Crippen molar-refractivity contribution >= 4 is 22.4 Å². The maximum Gasteiger partial charge on any atom is 0.243 e. The summed E-state index contributed by atoms with van der Waals surface area (Å²) in [7, 11) is 0. The first-order valence-corrected chi connectivity index (χ1v) is 8.42. The molecule has 4 nitrogen and oxygen atoms in total. The first kappa shape index (κ1) is 15.2. The standard InChI is InChI=1S/C17H21N3OS/c1-11-13(3)22-17(18-11)19-16(21)12(2)20-9-8-14-6-4-5-7-15(14)10-20/h4-7,12H,8-10H2,1-3H3,(H,18,19,21). The van der Waals surface area contributed by atoms with Crippen LogP contribution >= 0.6 is 11.3 Å². The molecule has 1 aliphatic rings. The van der Waals surface area contributed by atoms with E-state index in [9.17, 15) is 4.79 Å². The molecule has 0 aliphatic carbocycles. The molecule has 1 atom stereocenters. The summed E-state index contributed by atoms with van der Waals surface area (Å²) in [5.41, 5.74) is 3.71. The predicted molar refractivity (Wildman–Crippen MR) is 90.2 cm³/mol. The fourth-order valence-corrected chi connectivity index (χ4v) is 3.57. The van der Waals surface area contributed by atoms with E-state index in [1.807, 2.05) is 20.8 Å². The quantitative estimate of drug-likeness (QED) is 0.946. The van der Waals surface area contributed by atoms with E-state index >= 15 is 0 Å². The highest BCUT2D eigenvalue weighted by atomic mass is 32.1. The molecule has 0 fully saturated rings. The smallest absolute Gasteiger partial charge is 0.243 e. The number of benzene rings is 1. The van der Waals surface area contributed by atoms with E-state index < -0.39 is 0 Å². The number of hydrogen-bond donors (Lipinski definition) is 1. The van der Waals surface area contributed by atoms with Crippen LogP contribution in [0.3, 0.4) is 0 Å². The molecule has 2 aromatic rings. The van der Waals surface area contributed by atoms with Gasteiger partial charge in [0.05, 0.1) is 11.7 Å². The molecule has 1 amide bonds. The molecule has 1 aromatic carbocycles. The van der Waals surface area contributed by atoms with Crippen molar-refractivity contribution in [2.24, 2.45) is 0 Å². The number of fused-ring (bicyclic) bond motifs is 1. The van der Waals surface area contributed by atoms with E-state index in [4.69, 9.17) is 0 Å². The lowest BCUT2D eigenvalue weighted by Gasteiger charge is -2.32. The third-order valence-corrected chi connectivity index (χ3v) is 5.33. The molecule has 0 saturated carbocycles. The van der Waals surface area contributed by atoms with Crippen molar-refractivity contribution in [3.63, 3.8) is 0 Å². The molecule has 1 aliphatic heterocycles. The number of thiazole rings is 1. The summed E-state index contributed by atoms with van der Waals surface area (Å²) in [6.45, 7) is 7.71. The molecule has 0 spiro atoms. The van der Waals surface area contributed by atoms with Crippen LogP contribution in [0.1, 0.15) is 28.6 Å². The Balaban J connectivity index is 1.66. The maximum absolute atomic E-state index is 12.5. The molecule has 3 rings (SSSR count). The van der Waals surface area contributed by atoms with Gasteiger partial charge >= 0.3 is 0 Å². The number of amides is 1. The van der Waals surface area contributed by atoms with Gasteiger partial charge in [-0.1, -0.05) is 24.3 Å². The average Bonchev–Trinajstić information content (AvgIpc) is 2.84. The molecule has 1 unspecified atom stereocenters. The highest BCUT2D eigenvalue weighted by Gasteiger charge is 2.25. The molecular formula is C17H21N3OS. The minimum absolute atomic E-state index is 0.0214. The number of aryl methyl sites for hydroxylation is 2. The molecule has 5 heteroatoms. The van der Waals surface area contributed by atoms with Crippen LogP contribution in [0.25, 0.3) is 0 Å². The van der Waals surface area contributed by atoms with E-state index in [0.717, 1.165) is 30.1 Å². The van der Waals surface area contributed by atoms with Gasteiger partial charge in [0, 0.05) is 18.0 Å². The van der Waals surface area contributed by atoms with Crippen molar-refractivity contribution in [1.29, 1.82) is 0 Å². The van der Waals surface area contributed by atoms with Crippen LogP contribution in [0.2, 0.25) is 0 Å². The van der Waals surface area contributed by atoms with Crippen molar-refractivity contribution < 1.29 is 4.79 Å². The van der Waals surface area contributed by atoms with Crippen molar-refractivity contribution in [3.05, 3.63) is 46.0 Å². The van der Waals surface area contributed by atoms with Gasteiger partial charge in [-0.05, 0) is 38.3 Å². The molecule has 0 radical (unpaired) electrons. The molecule has 2 heterocycles. The van der Waals surface area contributed by atoms with Gasteiger partial charge in [0.1, 0.15) is 0 Å². The van der Waals surface area contributed by atoms with Gasteiger partial charge in [-0.25, -0.2) is 4.98 Å². The van der Waals surface area contributed by atoms with E-state index in [2.05, 4.69) is 39.5 Å². The van der Waals surface area contributed by atoms with Crippen LogP contribution in [0, 0.1) is 13.8 Å². The Hall–Kier alpha value is -1.72. The second kappa shape index (κ2) is 6.18. The Kier molecular flexibility index (Phi) is 4.27. The maximum atomic E-state index is 12.5. The number of anilines is 1. The molecule has 0 saturated heterocycles. The first-order valence-electron chi connectivity index (χ1n) is 7.60. The van der Waals surface area contributed by atoms with Crippen LogP contribution < -0.4 is 5.32 Å². The largest absolute Gasteiger partial charge is 0.301 e. The Morgan fingerprint density at radius 1 is 1.32 bits per heavy atom. The van der Waals surface area contributed by atoms with Gasteiger partial charge in [0.2, 0.25) is 5.91 Å². The van der Waals surface area contributed by atoms with Crippen molar-refractivity contribution in [3.8, 4) is 0 Å². The fraction of sp³-hybridized carbons (Fsp3) is 0.412. The van der Waals surface area contributed by atoms with E-state index in [-0.39, 0.29) is 11.9 Å². The molecule has 0 bridgehead atoms. The van der Waals surface area contributed by atoms with Crippen LogP contribution in [0.4, 0.5) is 5.13 Å². The van der Waals surface area contributed by atoms with Crippen molar-refractivity contribution in [2.75, 3.05) is 11.9 Å². The Labute approximate surface area is 135 Å². The predicted octanol–water partition coefficient (Wildman–Crippen LogP) is 3.15. The Bertz CT molecular complexity index is 675. The number of carbonyl (C=O) groups is 1. The number of hydrogen-bond acceptors (Lipinski definition) is 4. The lowest BCUT2D eigenvalue weighted by atomic mass is 9.99. The van der Waals surface area contributed by atoms with Gasteiger partial charge in [-0.15, -0.1) is 11.3 Å². The van der Waals surface area contributed by atoms with Crippen LogP contribution in [0.5, 0.6) is 0 Å². The molecule has 22 heavy (non-hydrogen) atoms. The third-order valence-electron chi connectivity index (χ3n) is 4.35. The zero-order valence-corrected chi connectivity index (χ0v) is 14.0. The molecule has 116 valence electrons. The van der Waals surface area contributed by atoms with Gasteiger partial charge in [0.15, 0.2) is 5.13 Å². The second-order valence-corrected chi connectivity index (χ2v) is 7.02. The van der Waals surface area contributed by atoms with E-state index in [0.29, 0.717) is 5.13 Å². The summed E-state index contributed by atoms with van der Waals surface area (Å²) in [5.74, 6) is 0.0214. The minimum atomic E-state index is -0.155. The second-order valence-electron chi connectivity index (χ2n) is 5.82. The summed E-state index contributed by atoms with van der Waals surface area (Å²) >= 11 is 1.53. The third kappa shape index (κ3) is 3.05. The minimum Gasteiger partial charge on any atom is -0.301 e. The van der Waals surface area contributed by atoms with E-state index in [1.165, 1.54) is 22.5 Å². The lowest BCUT2D eigenvalue weighted by Crippen LogP contribution is -2.44. The zero-order chi connectivity index (χ0) is 15.7. The van der Waals surface area contributed by atoms with Gasteiger partial charge in [-0.2, -0.15) is 0 Å². The van der Waals surface area contributed by atoms with Crippen LogP contribution in [-0.2, 0) is 17.8 Å². The lowest BCUT2D eigenvalue weighted by molar-refractivity contribution is -0.121. The number of carbonyl (C=O) groups excluding carboxylic acids is 1. The molecular weight excluding hydrogens is 294 g/mol. The van der Waals surface area contributed by atoms with Crippen molar-refractivity contribution in [1.82, 2.24) is 9.88 Å². The zero-order valence-electron chi connectivity index (χ0n) is 13.2. The Morgan fingerprint density at radius 3 is 2.73 bits per heavy atom.